The standard InChI is InChI=1S/C24H24F2N2O4S/c25-24(26)11-18(24)10-21(29)17-7-8-22-20(9-17)28(23(30)19(27)13-33(22,31)32)12-14-1-3-15(4-2-14)16-5-6-16/h1-4,7-9,16,18-19H,5-6,10-13,27H2/t18-,19+/m1/s1. The number of nitrogens with zero attached hydrogens (tertiary/aromatic N) is 1. The minimum absolute atomic E-state index is 0.0626. The number of alkyl halides is 2. The second kappa shape index (κ2) is 7.70. The van der Waals surface area contributed by atoms with E-state index in [2.05, 4.69) is 0 Å². The highest BCUT2D eigenvalue weighted by molar-refractivity contribution is 7.91. The first-order valence-electron chi connectivity index (χ1n) is 11.0. The zero-order valence-corrected chi connectivity index (χ0v) is 18.7. The molecule has 2 N–H and O–H groups in total. The van der Waals surface area contributed by atoms with Crippen molar-refractivity contribution in [2.45, 2.75) is 55.0 Å². The van der Waals surface area contributed by atoms with Crippen molar-refractivity contribution in [2.24, 2.45) is 11.7 Å². The van der Waals surface area contributed by atoms with Crippen molar-refractivity contribution in [2.75, 3.05) is 10.7 Å². The number of hydrogen-bond donors (Lipinski definition) is 1. The Hall–Kier alpha value is -2.65. The number of ketones is 1. The van der Waals surface area contributed by atoms with E-state index in [4.69, 9.17) is 5.73 Å². The average Bonchev–Trinajstić information content (AvgIpc) is 3.69. The molecule has 0 spiro atoms. The zero-order chi connectivity index (χ0) is 23.5. The molecule has 2 atom stereocenters. The van der Waals surface area contributed by atoms with Crippen LogP contribution in [0.25, 0.3) is 0 Å². The average molecular weight is 475 g/mol. The molecule has 0 radical (unpaired) electrons. The highest BCUT2D eigenvalue weighted by Crippen LogP contribution is 2.51. The van der Waals surface area contributed by atoms with E-state index in [1.165, 1.54) is 28.7 Å². The molecule has 0 bridgehead atoms. The molecule has 0 unspecified atom stereocenters. The Bertz CT molecular complexity index is 1240. The van der Waals surface area contributed by atoms with E-state index in [-0.39, 0.29) is 35.5 Å². The number of carbonyl (C=O) groups is 2. The number of hydrogen-bond acceptors (Lipinski definition) is 5. The molecule has 1 amide bonds. The molecule has 2 saturated carbocycles. The number of halogens is 2. The molecule has 3 aliphatic rings. The number of rotatable bonds is 6. The Morgan fingerprint density at radius 1 is 1.12 bits per heavy atom. The van der Waals surface area contributed by atoms with Crippen molar-refractivity contribution in [3.63, 3.8) is 0 Å². The van der Waals surface area contributed by atoms with Crippen LogP contribution in [0.15, 0.2) is 47.4 Å². The Morgan fingerprint density at radius 3 is 2.39 bits per heavy atom. The highest BCUT2D eigenvalue weighted by atomic mass is 32.2. The third-order valence-electron chi connectivity index (χ3n) is 6.65. The van der Waals surface area contributed by atoms with E-state index < -0.39 is 45.2 Å². The molecule has 6 nitrogen and oxygen atoms in total. The van der Waals surface area contributed by atoms with Gasteiger partial charge in [-0.25, -0.2) is 17.2 Å². The summed E-state index contributed by atoms with van der Waals surface area (Å²) < 4.78 is 52.3. The van der Waals surface area contributed by atoms with Crippen LogP contribution in [0.4, 0.5) is 14.5 Å². The number of benzene rings is 2. The monoisotopic (exact) mass is 474 g/mol. The number of Topliss-reactive ketones (excluding diaryl/α,β-unsaturated/α-hetero) is 1. The van der Waals surface area contributed by atoms with Gasteiger partial charge in [0.1, 0.15) is 0 Å². The number of amides is 1. The zero-order valence-electron chi connectivity index (χ0n) is 17.8. The summed E-state index contributed by atoms with van der Waals surface area (Å²) >= 11 is 0. The van der Waals surface area contributed by atoms with Crippen LogP contribution in [0, 0.1) is 5.92 Å². The van der Waals surface area contributed by atoms with Crippen molar-refractivity contribution < 1.29 is 26.8 Å². The molecule has 2 aromatic rings. The summed E-state index contributed by atoms with van der Waals surface area (Å²) in [5.74, 6) is -4.87. The lowest BCUT2D eigenvalue weighted by molar-refractivity contribution is -0.119. The van der Waals surface area contributed by atoms with Gasteiger partial charge in [-0.15, -0.1) is 0 Å². The second-order valence-electron chi connectivity index (χ2n) is 9.30. The molecule has 1 aliphatic heterocycles. The quantitative estimate of drug-likeness (QED) is 0.647. The third-order valence-corrected chi connectivity index (χ3v) is 8.46. The predicted octanol–water partition coefficient (Wildman–Crippen LogP) is 3.44. The molecular formula is C24H24F2N2O4S. The van der Waals surface area contributed by atoms with Gasteiger partial charge in [0.25, 0.3) is 5.92 Å². The van der Waals surface area contributed by atoms with Crippen LogP contribution in [-0.2, 0) is 21.2 Å². The molecule has 5 rings (SSSR count). The summed E-state index contributed by atoms with van der Waals surface area (Å²) in [6.07, 6.45) is 1.67. The van der Waals surface area contributed by atoms with Crippen LogP contribution in [-0.4, -0.2) is 37.8 Å². The summed E-state index contributed by atoms with van der Waals surface area (Å²) in [5.41, 5.74) is 8.11. The van der Waals surface area contributed by atoms with E-state index in [0.29, 0.717) is 5.92 Å². The van der Waals surface area contributed by atoms with Gasteiger partial charge in [0.15, 0.2) is 15.6 Å². The molecule has 2 aromatic carbocycles. The van der Waals surface area contributed by atoms with Crippen molar-refractivity contribution in [1.82, 2.24) is 0 Å². The molecular weight excluding hydrogens is 450 g/mol. The maximum atomic E-state index is 13.3. The number of anilines is 1. The molecule has 1 heterocycles. The van der Waals surface area contributed by atoms with Gasteiger partial charge in [-0.3, -0.25) is 9.59 Å². The van der Waals surface area contributed by atoms with Gasteiger partial charge in [0.2, 0.25) is 5.91 Å². The maximum Gasteiger partial charge on any atom is 0.252 e. The van der Waals surface area contributed by atoms with Crippen molar-refractivity contribution in [1.29, 1.82) is 0 Å². The summed E-state index contributed by atoms with van der Waals surface area (Å²) in [5, 5.41) is 0. The topological polar surface area (TPSA) is 97.5 Å². The van der Waals surface area contributed by atoms with Gasteiger partial charge < -0.3 is 10.6 Å². The van der Waals surface area contributed by atoms with E-state index in [9.17, 15) is 26.8 Å². The molecule has 0 aromatic heterocycles. The van der Waals surface area contributed by atoms with Crippen LogP contribution in [0.5, 0.6) is 0 Å². The maximum absolute atomic E-state index is 13.3. The first-order valence-corrected chi connectivity index (χ1v) is 12.6. The van der Waals surface area contributed by atoms with Crippen LogP contribution in [0.3, 0.4) is 0 Å². The fraction of sp³-hybridized carbons (Fsp3) is 0.417. The van der Waals surface area contributed by atoms with Gasteiger partial charge >= 0.3 is 0 Å². The van der Waals surface area contributed by atoms with Crippen LogP contribution < -0.4 is 10.6 Å². The molecule has 33 heavy (non-hydrogen) atoms. The van der Waals surface area contributed by atoms with E-state index in [0.717, 1.165) is 18.4 Å². The summed E-state index contributed by atoms with van der Waals surface area (Å²) in [4.78, 5) is 26.9. The van der Waals surface area contributed by atoms with Gasteiger partial charge in [0, 0.05) is 24.3 Å². The number of sulfone groups is 1. The van der Waals surface area contributed by atoms with Crippen LogP contribution in [0.2, 0.25) is 0 Å². The third kappa shape index (κ3) is 4.31. The van der Waals surface area contributed by atoms with Crippen molar-refractivity contribution in [3.8, 4) is 0 Å². The number of carbonyl (C=O) groups excluding carboxylic acids is 2. The largest absolute Gasteiger partial charge is 0.319 e. The van der Waals surface area contributed by atoms with Crippen LogP contribution >= 0.6 is 0 Å². The molecule has 2 fully saturated rings. The minimum Gasteiger partial charge on any atom is -0.319 e. The Morgan fingerprint density at radius 2 is 1.79 bits per heavy atom. The first-order chi connectivity index (χ1) is 15.5. The molecule has 2 aliphatic carbocycles. The van der Waals surface area contributed by atoms with Gasteiger partial charge in [-0.05, 0) is 48.1 Å². The smallest absolute Gasteiger partial charge is 0.252 e. The van der Waals surface area contributed by atoms with E-state index in [1.54, 1.807) is 0 Å². The van der Waals surface area contributed by atoms with Crippen LogP contribution in [0.1, 0.15) is 53.1 Å². The summed E-state index contributed by atoms with van der Waals surface area (Å²) in [6, 6.07) is 10.5. The SMILES string of the molecule is N[C@H]1CS(=O)(=O)c2ccc(C(=O)C[C@@H]3CC3(F)F)cc2N(Cc2ccc(C3CC3)cc2)C1=O. The number of fused-ring (bicyclic) bond motifs is 1. The predicted molar refractivity (Wildman–Crippen MR) is 118 cm³/mol. The second-order valence-corrected chi connectivity index (χ2v) is 11.3. The Balaban J connectivity index is 1.50. The number of nitrogens with two attached hydrogens (primary N) is 1. The Labute approximate surface area is 190 Å². The first kappa shape index (κ1) is 22.2. The fourth-order valence-corrected chi connectivity index (χ4v) is 5.93. The highest BCUT2D eigenvalue weighted by Gasteiger charge is 2.57. The van der Waals surface area contributed by atoms with Crippen molar-refractivity contribution >= 4 is 27.2 Å². The van der Waals surface area contributed by atoms with Gasteiger partial charge in [-0.1, -0.05) is 24.3 Å². The van der Waals surface area contributed by atoms with E-state index >= 15 is 0 Å². The minimum atomic E-state index is -3.89. The normalized spacial score (nSPS) is 25.3. The lowest BCUT2D eigenvalue weighted by atomic mass is 10.0. The molecule has 174 valence electrons. The molecule has 0 saturated heterocycles. The molecule has 9 heteroatoms. The van der Waals surface area contributed by atoms with Gasteiger partial charge in [0.05, 0.1) is 28.9 Å². The van der Waals surface area contributed by atoms with Gasteiger partial charge in [-0.2, -0.15) is 0 Å². The summed E-state index contributed by atoms with van der Waals surface area (Å²) in [6.45, 7) is 0.0817. The lowest BCUT2D eigenvalue weighted by Gasteiger charge is -2.24. The lowest BCUT2D eigenvalue weighted by Crippen LogP contribution is -2.45. The summed E-state index contributed by atoms with van der Waals surface area (Å²) in [7, 11) is -3.89. The Kier molecular flexibility index (Phi) is 5.17. The van der Waals surface area contributed by atoms with E-state index in [1.807, 2.05) is 24.3 Å². The fourth-order valence-electron chi connectivity index (χ4n) is 4.37. The van der Waals surface area contributed by atoms with Crippen molar-refractivity contribution in [3.05, 3.63) is 59.2 Å².